The summed E-state index contributed by atoms with van der Waals surface area (Å²) >= 11 is 1.30. The molecule has 0 aliphatic heterocycles. The minimum Gasteiger partial charge on any atom is -0.473 e. The van der Waals surface area contributed by atoms with Crippen LogP contribution in [0.3, 0.4) is 0 Å². The Morgan fingerprint density at radius 2 is 2.64 bits per heavy atom. The molecular formula is C6H10N2O2S. The molecule has 0 fully saturated rings. The van der Waals surface area contributed by atoms with Crippen LogP contribution in [0.15, 0.2) is 6.20 Å². The highest BCUT2D eigenvalue weighted by Crippen LogP contribution is 2.24. The largest absolute Gasteiger partial charge is 0.473 e. The lowest BCUT2D eigenvalue weighted by Crippen LogP contribution is -2.09. The predicted molar refractivity (Wildman–Crippen MR) is 42.7 cm³/mol. The summed E-state index contributed by atoms with van der Waals surface area (Å²) in [6.45, 7) is 0.214. The fourth-order valence-corrected chi connectivity index (χ4v) is 1.36. The average molecular weight is 174 g/mol. The van der Waals surface area contributed by atoms with Crippen molar-refractivity contribution in [3.8, 4) is 5.19 Å². The Kier molecular flexibility index (Phi) is 2.81. The van der Waals surface area contributed by atoms with Gasteiger partial charge in [0, 0.05) is 12.7 Å². The molecule has 0 unspecified atom stereocenters. The van der Waals surface area contributed by atoms with Crippen LogP contribution in [0.2, 0.25) is 0 Å². The third kappa shape index (κ3) is 1.89. The highest BCUT2D eigenvalue weighted by Gasteiger charge is 2.09. The first-order chi connectivity index (χ1) is 5.27. The van der Waals surface area contributed by atoms with Gasteiger partial charge in [-0.25, -0.2) is 4.98 Å². The lowest BCUT2D eigenvalue weighted by Gasteiger charge is -2.00. The number of nitrogens with zero attached hydrogens (tertiary/aromatic N) is 1. The number of aromatic nitrogens is 1. The third-order valence-corrected chi connectivity index (χ3v) is 2.29. The molecule has 3 N–H and O–H groups in total. The normalized spacial score (nSPS) is 13.0. The van der Waals surface area contributed by atoms with Crippen LogP contribution in [0.4, 0.5) is 0 Å². The maximum atomic E-state index is 9.23. The number of nitrogens with two attached hydrogens (primary N) is 1. The van der Waals surface area contributed by atoms with Crippen LogP contribution in [-0.4, -0.2) is 23.7 Å². The van der Waals surface area contributed by atoms with Crippen molar-refractivity contribution in [1.82, 2.24) is 4.98 Å². The molecule has 0 radical (unpaired) electrons. The van der Waals surface area contributed by atoms with E-state index in [1.165, 1.54) is 18.4 Å². The second kappa shape index (κ2) is 3.66. The number of ether oxygens (including phenoxy) is 1. The predicted octanol–water partition coefficient (Wildman–Crippen LogP) is 0.144. The summed E-state index contributed by atoms with van der Waals surface area (Å²) in [5.74, 6) is 0. The average Bonchev–Trinajstić information content (AvgIpc) is 2.50. The molecule has 0 aromatic carbocycles. The van der Waals surface area contributed by atoms with Gasteiger partial charge in [-0.3, -0.25) is 0 Å². The number of hydrogen-bond acceptors (Lipinski definition) is 5. The van der Waals surface area contributed by atoms with Crippen molar-refractivity contribution in [2.24, 2.45) is 5.73 Å². The fourth-order valence-electron chi connectivity index (χ4n) is 0.634. The zero-order valence-electron chi connectivity index (χ0n) is 6.15. The highest BCUT2D eigenvalue weighted by atomic mass is 32.1. The molecule has 62 valence electrons. The maximum Gasteiger partial charge on any atom is 0.273 e. The van der Waals surface area contributed by atoms with E-state index in [4.69, 9.17) is 10.5 Å². The van der Waals surface area contributed by atoms with Gasteiger partial charge >= 0.3 is 0 Å². The van der Waals surface area contributed by atoms with E-state index in [0.29, 0.717) is 5.19 Å². The maximum absolute atomic E-state index is 9.23. The summed E-state index contributed by atoms with van der Waals surface area (Å²) < 4.78 is 4.84. The summed E-state index contributed by atoms with van der Waals surface area (Å²) in [5, 5.41) is 9.78. The third-order valence-electron chi connectivity index (χ3n) is 1.23. The summed E-state index contributed by atoms with van der Waals surface area (Å²) in [6.07, 6.45) is 0.956. The summed E-state index contributed by atoms with van der Waals surface area (Å²) in [6, 6.07) is 0. The second-order valence-electron chi connectivity index (χ2n) is 1.98. The lowest BCUT2D eigenvalue weighted by atomic mass is 10.3. The van der Waals surface area contributed by atoms with Crippen LogP contribution in [0, 0.1) is 0 Å². The van der Waals surface area contributed by atoms with Crippen molar-refractivity contribution < 1.29 is 9.84 Å². The molecule has 1 aromatic rings. The Morgan fingerprint density at radius 1 is 1.91 bits per heavy atom. The number of rotatable bonds is 3. The van der Waals surface area contributed by atoms with Gasteiger partial charge in [-0.05, 0) is 0 Å². The molecule has 4 nitrogen and oxygen atoms in total. The Labute approximate surface area is 68.6 Å². The zero-order chi connectivity index (χ0) is 8.27. The fraction of sp³-hybridized carbons (Fsp3) is 0.500. The molecule has 1 rings (SSSR count). The zero-order valence-corrected chi connectivity index (χ0v) is 6.97. The van der Waals surface area contributed by atoms with E-state index < -0.39 is 6.10 Å². The van der Waals surface area contributed by atoms with Crippen molar-refractivity contribution in [2.75, 3.05) is 13.7 Å². The van der Waals surface area contributed by atoms with Crippen molar-refractivity contribution in [3.63, 3.8) is 0 Å². The van der Waals surface area contributed by atoms with Gasteiger partial charge in [0.25, 0.3) is 5.19 Å². The molecule has 5 heteroatoms. The van der Waals surface area contributed by atoms with Crippen molar-refractivity contribution in [2.45, 2.75) is 6.10 Å². The van der Waals surface area contributed by atoms with E-state index in [-0.39, 0.29) is 6.54 Å². The van der Waals surface area contributed by atoms with E-state index in [1.54, 1.807) is 6.20 Å². The Bertz CT molecular complexity index is 226. The van der Waals surface area contributed by atoms with Crippen molar-refractivity contribution in [3.05, 3.63) is 11.1 Å². The van der Waals surface area contributed by atoms with Crippen LogP contribution in [0.1, 0.15) is 11.0 Å². The molecule has 0 aliphatic rings. The van der Waals surface area contributed by atoms with E-state index >= 15 is 0 Å². The van der Waals surface area contributed by atoms with Gasteiger partial charge in [-0.1, -0.05) is 11.3 Å². The topological polar surface area (TPSA) is 68.4 Å². The first kappa shape index (κ1) is 8.45. The molecule has 0 bridgehead atoms. The van der Waals surface area contributed by atoms with Gasteiger partial charge in [-0.15, -0.1) is 0 Å². The minimum absolute atomic E-state index is 0.214. The van der Waals surface area contributed by atoms with Gasteiger partial charge < -0.3 is 15.6 Å². The molecule has 0 amide bonds. The second-order valence-corrected chi connectivity index (χ2v) is 3.01. The van der Waals surface area contributed by atoms with Crippen molar-refractivity contribution in [1.29, 1.82) is 0 Å². The van der Waals surface area contributed by atoms with Crippen molar-refractivity contribution >= 4 is 11.3 Å². The number of methoxy groups -OCH3 is 1. The van der Waals surface area contributed by atoms with E-state index in [1.807, 2.05) is 0 Å². The lowest BCUT2D eigenvalue weighted by molar-refractivity contribution is 0.190. The van der Waals surface area contributed by atoms with E-state index in [9.17, 15) is 5.11 Å². The molecule has 1 atom stereocenters. The number of thiazole rings is 1. The first-order valence-electron chi connectivity index (χ1n) is 3.15. The van der Waals surface area contributed by atoms with E-state index in [0.717, 1.165) is 4.88 Å². The molecule has 11 heavy (non-hydrogen) atoms. The Hall–Kier alpha value is -0.650. The molecule has 1 heterocycles. The van der Waals surface area contributed by atoms with Crippen LogP contribution in [0.5, 0.6) is 5.19 Å². The SMILES string of the molecule is COc1ncc([C@H](O)CN)s1. The number of hydrogen-bond donors (Lipinski definition) is 2. The van der Waals surface area contributed by atoms with Gasteiger partial charge in [0.15, 0.2) is 0 Å². The molecule has 0 spiro atoms. The molecule has 1 aromatic heterocycles. The van der Waals surface area contributed by atoms with Gasteiger partial charge in [0.05, 0.1) is 12.0 Å². The van der Waals surface area contributed by atoms with E-state index in [2.05, 4.69) is 4.98 Å². The van der Waals surface area contributed by atoms with Crippen LogP contribution < -0.4 is 10.5 Å². The Balaban J connectivity index is 2.71. The molecular weight excluding hydrogens is 164 g/mol. The minimum atomic E-state index is -0.614. The standard InChI is InChI=1S/C6H10N2O2S/c1-10-6-8-3-5(11-6)4(9)2-7/h3-4,9H,2,7H2,1H3/t4-/m1/s1. The summed E-state index contributed by atoms with van der Waals surface area (Å²) in [5.41, 5.74) is 5.24. The monoisotopic (exact) mass is 174 g/mol. The molecule has 0 saturated heterocycles. The summed E-state index contributed by atoms with van der Waals surface area (Å²) in [4.78, 5) is 4.62. The highest BCUT2D eigenvalue weighted by molar-refractivity contribution is 7.13. The van der Waals surface area contributed by atoms with Gasteiger partial charge in [0.2, 0.25) is 0 Å². The quantitative estimate of drug-likeness (QED) is 0.684. The van der Waals surface area contributed by atoms with Gasteiger partial charge in [-0.2, -0.15) is 0 Å². The Morgan fingerprint density at radius 3 is 3.09 bits per heavy atom. The number of aliphatic hydroxyl groups excluding tert-OH is 1. The van der Waals surface area contributed by atoms with Gasteiger partial charge in [0.1, 0.15) is 6.10 Å². The molecule has 0 aliphatic carbocycles. The van der Waals surface area contributed by atoms with Crippen LogP contribution in [0.25, 0.3) is 0 Å². The van der Waals surface area contributed by atoms with Crippen LogP contribution >= 0.6 is 11.3 Å². The summed E-state index contributed by atoms with van der Waals surface area (Å²) in [7, 11) is 1.54. The first-order valence-corrected chi connectivity index (χ1v) is 3.97. The number of aliphatic hydroxyl groups is 1. The van der Waals surface area contributed by atoms with Crippen LogP contribution in [-0.2, 0) is 0 Å². The molecule has 0 saturated carbocycles. The smallest absolute Gasteiger partial charge is 0.273 e.